The molecule has 5 nitrogen and oxygen atoms in total. The standard InChI is InChI=1S/C13H22N2O3/c1-10(11(16)15-8-3-2-4-9-15)14-13(12(17)18)6-5-7-13/h10,14H,2-9H2,1H3,(H,17,18). The second kappa shape index (κ2) is 5.26. The number of carboxylic acid groups (broad SMARTS) is 1. The van der Waals surface area contributed by atoms with Crippen molar-refractivity contribution < 1.29 is 14.7 Å². The van der Waals surface area contributed by atoms with E-state index in [1.807, 2.05) is 4.90 Å². The van der Waals surface area contributed by atoms with Crippen LogP contribution in [0.15, 0.2) is 0 Å². The van der Waals surface area contributed by atoms with Crippen LogP contribution in [0.2, 0.25) is 0 Å². The summed E-state index contributed by atoms with van der Waals surface area (Å²) in [6.07, 6.45) is 5.47. The lowest BCUT2D eigenvalue weighted by molar-refractivity contribution is -0.150. The molecule has 1 atom stereocenters. The third-order valence-corrected chi connectivity index (χ3v) is 4.15. The Hall–Kier alpha value is -1.10. The van der Waals surface area contributed by atoms with Crippen molar-refractivity contribution in [2.45, 2.75) is 57.0 Å². The average Bonchev–Trinajstić information content (AvgIpc) is 2.33. The molecular formula is C13H22N2O3. The van der Waals surface area contributed by atoms with E-state index in [1.54, 1.807) is 6.92 Å². The Kier molecular flexibility index (Phi) is 3.90. The van der Waals surface area contributed by atoms with E-state index in [0.717, 1.165) is 32.4 Å². The van der Waals surface area contributed by atoms with Crippen molar-refractivity contribution in [1.82, 2.24) is 10.2 Å². The first kappa shape index (κ1) is 13.3. The van der Waals surface area contributed by atoms with Crippen LogP contribution in [0, 0.1) is 0 Å². The highest BCUT2D eigenvalue weighted by Gasteiger charge is 2.46. The van der Waals surface area contributed by atoms with Gasteiger partial charge in [-0.1, -0.05) is 0 Å². The van der Waals surface area contributed by atoms with Crippen LogP contribution in [-0.2, 0) is 9.59 Å². The molecule has 1 amide bonds. The highest BCUT2D eigenvalue weighted by Crippen LogP contribution is 2.32. The van der Waals surface area contributed by atoms with Crippen molar-refractivity contribution in [2.24, 2.45) is 0 Å². The summed E-state index contributed by atoms with van der Waals surface area (Å²) in [5.41, 5.74) is -0.856. The van der Waals surface area contributed by atoms with Gasteiger partial charge in [-0.2, -0.15) is 0 Å². The van der Waals surface area contributed by atoms with Crippen LogP contribution >= 0.6 is 0 Å². The Labute approximate surface area is 108 Å². The van der Waals surface area contributed by atoms with Gasteiger partial charge in [0.2, 0.25) is 5.91 Å². The molecule has 0 aromatic carbocycles. The topological polar surface area (TPSA) is 69.6 Å². The molecule has 1 saturated carbocycles. The molecule has 0 spiro atoms. The second-order valence-corrected chi connectivity index (χ2v) is 5.49. The van der Waals surface area contributed by atoms with Crippen LogP contribution in [0.25, 0.3) is 0 Å². The summed E-state index contributed by atoms with van der Waals surface area (Å²) in [7, 11) is 0. The van der Waals surface area contributed by atoms with Crippen molar-refractivity contribution in [3.8, 4) is 0 Å². The van der Waals surface area contributed by atoms with E-state index in [9.17, 15) is 14.7 Å². The van der Waals surface area contributed by atoms with Gasteiger partial charge in [0.05, 0.1) is 6.04 Å². The average molecular weight is 254 g/mol. The SMILES string of the molecule is CC(NC1(C(=O)O)CCC1)C(=O)N1CCCCC1. The fourth-order valence-electron chi connectivity index (χ4n) is 2.81. The van der Waals surface area contributed by atoms with E-state index in [2.05, 4.69) is 5.32 Å². The van der Waals surface area contributed by atoms with Gasteiger partial charge in [0.15, 0.2) is 0 Å². The fraction of sp³-hybridized carbons (Fsp3) is 0.846. The molecule has 0 aromatic heterocycles. The Morgan fingerprint density at radius 1 is 1.17 bits per heavy atom. The monoisotopic (exact) mass is 254 g/mol. The Balaban J connectivity index is 1.92. The molecule has 0 aromatic rings. The molecule has 0 radical (unpaired) electrons. The molecule has 2 rings (SSSR count). The van der Waals surface area contributed by atoms with Gasteiger partial charge in [0, 0.05) is 13.1 Å². The van der Waals surface area contributed by atoms with Gasteiger partial charge in [-0.3, -0.25) is 14.9 Å². The normalized spacial score (nSPS) is 24.2. The minimum atomic E-state index is -0.856. The molecule has 5 heteroatoms. The number of carbonyl (C=O) groups is 2. The number of amides is 1. The van der Waals surface area contributed by atoms with E-state index in [1.165, 1.54) is 6.42 Å². The van der Waals surface area contributed by atoms with Crippen LogP contribution in [0.4, 0.5) is 0 Å². The predicted molar refractivity (Wildman–Crippen MR) is 67.2 cm³/mol. The molecule has 1 unspecified atom stereocenters. The number of carbonyl (C=O) groups excluding carboxylic acids is 1. The van der Waals surface area contributed by atoms with Gasteiger partial charge in [-0.15, -0.1) is 0 Å². The minimum Gasteiger partial charge on any atom is -0.480 e. The summed E-state index contributed by atoms with van der Waals surface area (Å²) in [4.78, 5) is 25.3. The third kappa shape index (κ3) is 2.51. The molecule has 2 aliphatic rings. The summed E-state index contributed by atoms with van der Waals surface area (Å²) in [5, 5.41) is 12.3. The molecule has 2 fully saturated rings. The van der Waals surface area contributed by atoms with Crippen LogP contribution in [0.3, 0.4) is 0 Å². The maximum Gasteiger partial charge on any atom is 0.323 e. The number of carboxylic acids is 1. The molecule has 2 N–H and O–H groups in total. The molecular weight excluding hydrogens is 232 g/mol. The largest absolute Gasteiger partial charge is 0.480 e. The molecule has 1 aliphatic heterocycles. The summed E-state index contributed by atoms with van der Waals surface area (Å²) in [6.45, 7) is 3.40. The van der Waals surface area contributed by atoms with Crippen molar-refractivity contribution in [2.75, 3.05) is 13.1 Å². The number of piperidine rings is 1. The summed E-state index contributed by atoms with van der Waals surface area (Å²) in [5.74, 6) is -0.783. The van der Waals surface area contributed by atoms with Crippen LogP contribution in [-0.4, -0.2) is 46.6 Å². The first-order valence-corrected chi connectivity index (χ1v) is 6.85. The fourth-order valence-corrected chi connectivity index (χ4v) is 2.81. The summed E-state index contributed by atoms with van der Waals surface area (Å²) < 4.78 is 0. The van der Waals surface area contributed by atoms with Crippen molar-refractivity contribution >= 4 is 11.9 Å². The summed E-state index contributed by atoms with van der Waals surface area (Å²) in [6, 6.07) is -0.403. The van der Waals surface area contributed by atoms with E-state index >= 15 is 0 Å². The number of hydrogen-bond donors (Lipinski definition) is 2. The second-order valence-electron chi connectivity index (χ2n) is 5.49. The summed E-state index contributed by atoms with van der Waals surface area (Å²) >= 11 is 0. The van der Waals surface area contributed by atoms with E-state index in [4.69, 9.17) is 0 Å². The zero-order valence-electron chi connectivity index (χ0n) is 10.9. The quantitative estimate of drug-likeness (QED) is 0.785. The van der Waals surface area contributed by atoms with Gasteiger partial charge < -0.3 is 10.0 Å². The molecule has 102 valence electrons. The third-order valence-electron chi connectivity index (χ3n) is 4.15. The highest BCUT2D eigenvalue weighted by molar-refractivity contribution is 5.85. The minimum absolute atomic E-state index is 0.0437. The lowest BCUT2D eigenvalue weighted by Crippen LogP contribution is -2.62. The molecule has 0 bridgehead atoms. The lowest BCUT2D eigenvalue weighted by Gasteiger charge is -2.41. The van der Waals surface area contributed by atoms with Crippen LogP contribution in [0.1, 0.15) is 45.4 Å². The predicted octanol–water partition coefficient (Wildman–Crippen LogP) is 0.984. The number of likely N-dealkylation sites (tertiary alicyclic amines) is 1. The van der Waals surface area contributed by atoms with Gasteiger partial charge >= 0.3 is 5.97 Å². The maximum atomic E-state index is 12.2. The lowest BCUT2D eigenvalue weighted by atomic mass is 9.76. The zero-order valence-corrected chi connectivity index (χ0v) is 10.9. The Morgan fingerprint density at radius 3 is 2.22 bits per heavy atom. The maximum absolute atomic E-state index is 12.2. The zero-order chi connectivity index (χ0) is 13.2. The smallest absolute Gasteiger partial charge is 0.323 e. The van der Waals surface area contributed by atoms with Crippen LogP contribution in [0.5, 0.6) is 0 Å². The first-order valence-electron chi connectivity index (χ1n) is 6.85. The van der Waals surface area contributed by atoms with Crippen molar-refractivity contribution in [3.05, 3.63) is 0 Å². The molecule has 1 saturated heterocycles. The van der Waals surface area contributed by atoms with Crippen LogP contribution < -0.4 is 5.32 Å². The number of rotatable bonds is 4. The van der Waals surface area contributed by atoms with E-state index < -0.39 is 17.6 Å². The molecule has 1 heterocycles. The number of hydrogen-bond acceptors (Lipinski definition) is 3. The first-order chi connectivity index (χ1) is 8.55. The van der Waals surface area contributed by atoms with Crippen molar-refractivity contribution in [3.63, 3.8) is 0 Å². The Morgan fingerprint density at radius 2 is 1.78 bits per heavy atom. The Bertz CT molecular complexity index is 333. The number of nitrogens with zero attached hydrogens (tertiary/aromatic N) is 1. The number of nitrogens with one attached hydrogen (secondary N) is 1. The van der Waals surface area contributed by atoms with Gasteiger partial charge in [0.1, 0.15) is 5.54 Å². The van der Waals surface area contributed by atoms with Crippen molar-refractivity contribution in [1.29, 1.82) is 0 Å². The van der Waals surface area contributed by atoms with E-state index in [-0.39, 0.29) is 5.91 Å². The van der Waals surface area contributed by atoms with E-state index in [0.29, 0.717) is 12.8 Å². The molecule has 18 heavy (non-hydrogen) atoms. The molecule has 1 aliphatic carbocycles. The number of aliphatic carboxylic acids is 1. The van der Waals surface area contributed by atoms with Gasteiger partial charge in [0.25, 0.3) is 0 Å². The van der Waals surface area contributed by atoms with Gasteiger partial charge in [-0.05, 0) is 45.4 Å². The highest BCUT2D eigenvalue weighted by atomic mass is 16.4. The van der Waals surface area contributed by atoms with Gasteiger partial charge in [-0.25, -0.2) is 0 Å².